The maximum absolute atomic E-state index is 12.5. The summed E-state index contributed by atoms with van der Waals surface area (Å²) in [6.07, 6.45) is 5.91. The lowest BCUT2D eigenvalue weighted by molar-refractivity contribution is -0.137. The molecule has 2 aliphatic heterocycles. The third kappa shape index (κ3) is 4.90. The minimum Gasteiger partial charge on any atom is -0.355 e. The van der Waals surface area contributed by atoms with Gasteiger partial charge >= 0.3 is 0 Å². The molecule has 1 saturated carbocycles. The van der Waals surface area contributed by atoms with Gasteiger partial charge in [-0.15, -0.1) is 0 Å². The normalized spacial score (nSPS) is 25.1. The Balaban J connectivity index is 1.35. The van der Waals surface area contributed by atoms with Gasteiger partial charge in [0, 0.05) is 65.3 Å². The van der Waals surface area contributed by atoms with Crippen molar-refractivity contribution < 1.29 is 4.79 Å². The summed E-state index contributed by atoms with van der Waals surface area (Å²) in [5.41, 5.74) is 0.389. The van der Waals surface area contributed by atoms with Gasteiger partial charge in [0.1, 0.15) is 0 Å². The van der Waals surface area contributed by atoms with Crippen LogP contribution in [-0.4, -0.2) is 86.0 Å². The number of guanidine groups is 1. The molecule has 1 amide bonds. The van der Waals surface area contributed by atoms with Gasteiger partial charge in [-0.3, -0.25) is 14.7 Å². The summed E-state index contributed by atoms with van der Waals surface area (Å²) in [6, 6.07) is 0. The van der Waals surface area contributed by atoms with Crippen molar-refractivity contribution in [2.45, 2.75) is 46.0 Å². The Hall–Kier alpha value is -1.30. The van der Waals surface area contributed by atoms with Crippen LogP contribution in [0.2, 0.25) is 0 Å². The Bertz CT molecular complexity index is 504. The van der Waals surface area contributed by atoms with Gasteiger partial charge in [0.25, 0.3) is 0 Å². The molecule has 0 bridgehead atoms. The monoisotopic (exact) mass is 363 g/mol. The number of nitrogens with one attached hydrogen (secondary N) is 1. The average molecular weight is 364 g/mol. The predicted octanol–water partition coefficient (Wildman–Crippen LogP) is 1.63. The van der Waals surface area contributed by atoms with Crippen molar-refractivity contribution in [1.29, 1.82) is 0 Å². The van der Waals surface area contributed by atoms with E-state index in [1.54, 1.807) is 0 Å². The molecule has 2 heterocycles. The highest BCUT2D eigenvalue weighted by atomic mass is 16.2. The molecule has 0 aromatic rings. The van der Waals surface area contributed by atoms with Gasteiger partial charge in [-0.1, -0.05) is 26.7 Å². The average Bonchev–Trinajstić information content (AvgIpc) is 3.28. The highest BCUT2D eigenvalue weighted by Crippen LogP contribution is 2.28. The van der Waals surface area contributed by atoms with Crippen LogP contribution in [0.4, 0.5) is 0 Å². The molecule has 3 rings (SSSR count). The van der Waals surface area contributed by atoms with Crippen LogP contribution >= 0.6 is 0 Å². The summed E-state index contributed by atoms with van der Waals surface area (Å²) in [5.74, 6) is 1.76. The van der Waals surface area contributed by atoms with E-state index in [1.807, 2.05) is 7.05 Å². The van der Waals surface area contributed by atoms with E-state index in [0.29, 0.717) is 17.2 Å². The summed E-state index contributed by atoms with van der Waals surface area (Å²) < 4.78 is 0. The molecular formula is C20H37N5O. The lowest BCUT2D eigenvalue weighted by atomic mass is 9.93. The van der Waals surface area contributed by atoms with E-state index >= 15 is 0 Å². The van der Waals surface area contributed by atoms with Gasteiger partial charge in [-0.2, -0.15) is 0 Å². The number of rotatable bonds is 4. The number of aliphatic imine (C=N–C) groups is 1. The van der Waals surface area contributed by atoms with E-state index in [-0.39, 0.29) is 0 Å². The third-order valence-corrected chi connectivity index (χ3v) is 6.29. The van der Waals surface area contributed by atoms with Gasteiger partial charge in [-0.25, -0.2) is 0 Å². The van der Waals surface area contributed by atoms with Gasteiger partial charge in [0.2, 0.25) is 5.91 Å². The number of carbonyl (C=O) groups is 1. The molecule has 0 atom stereocenters. The zero-order valence-corrected chi connectivity index (χ0v) is 17.0. The van der Waals surface area contributed by atoms with Crippen LogP contribution in [0.25, 0.3) is 0 Å². The molecule has 6 heteroatoms. The van der Waals surface area contributed by atoms with E-state index < -0.39 is 0 Å². The van der Waals surface area contributed by atoms with Crippen LogP contribution in [0.1, 0.15) is 46.0 Å². The van der Waals surface area contributed by atoms with Crippen LogP contribution in [0.5, 0.6) is 0 Å². The molecule has 2 saturated heterocycles. The highest BCUT2D eigenvalue weighted by molar-refractivity contribution is 5.80. The second-order valence-corrected chi connectivity index (χ2v) is 8.96. The van der Waals surface area contributed by atoms with Crippen LogP contribution in [0.15, 0.2) is 4.99 Å². The lowest BCUT2D eigenvalue weighted by Crippen LogP contribution is -2.52. The molecule has 3 aliphatic rings. The van der Waals surface area contributed by atoms with E-state index in [2.05, 4.69) is 38.9 Å². The fraction of sp³-hybridized carbons (Fsp3) is 0.900. The van der Waals surface area contributed by atoms with E-state index in [0.717, 1.165) is 71.2 Å². The summed E-state index contributed by atoms with van der Waals surface area (Å²) >= 11 is 0. The first-order valence-electron chi connectivity index (χ1n) is 10.5. The first-order chi connectivity index (χ1) is 12.5. The minimum atomic E-state index is 0.316. The Morgan fingerprint density at radius 3 is 2.35 bits per heavy atom. The number of likely N-dealkylation sites (tertiary alicyclic amines) is 1. The van der Waals surface area contributed by atoms with E-state index in [4.69, 9.17) is 0 Å². The van der Waals surface area contributed by atoms with Crippen LogP contribution in [0, 0.1) is 11.3 Å². The largest absolute Gasteiger partial charge is 0.355 e. The van der Waals surface area contributed by atoms with Crippen molar-refractivity contribution in [3.05, 3.63) is 0 Å². The number of piperazine rings is 1. The van der Waals surface area contributed by atoms with Crippen LogP contribution in [-0.2, 0) is 4.79 Å². The number of nitrogens with zero attached hydrogens (tertiary/aromatic N) is 4. The predicted molar refractivity (Wildman–Crippen MR) is 106 cm³/mol. The molecule has 6 nitrogen and oxygen atoms in total. The second kappa shape index (κ2) is 8.59. The van der Waals surface area contributed by atoms with Crippen molar-refractivity contribution in [3.8, 4) is 0 Å². The van der Waals surface area contributed by atoms with Gasteiger partial charge in [0.15, 0.2) is 5.96 Å². The molecule has 148 valence electrons. The van der Waals surface area contributed by atoms with Crippen molar-refractivity contribution in [2.75, 3.05) is 59.4 Å². The standard InChI is InChI=1S/C20H37N5O/c1-20(2)8-10-25(16-20)19(21-3)22-9-11-23-12-14-24(15-13-23)18(26)17-6-4-5-7-17/h17H,4-16H2,1-3H3,(H,21,22). The van der Waals surface area contributed by atoms with Crippen LogP contribution in [0.3, 0.4) is 0 Å². The maximum Gasteiger partial charge on any atom is 0.225 e. The molecule has 3 fully saturated rings. The fourth-order valence-corrected chi connectivity index (χ4v) is 4.57. The van der Waals surface area contributed by atoms with E-state index in [1.165, 1.54) is 19.3 Å². The molecule has 1 aliphatic carbocycles. The molecule has 26 heavy (non-hydrogen) atoms. The Morgan fingerprint density at radius 1 is 1.08 bits per heavy atom. The Morgan fingerprint density at radius 2 is 1.77 bits per heavy atom. The maximum atomic E-state index is 12.5. The summed E-state index contributed by atoms with van der Waals surface area (Å²) in [6.45, 7) is 12.5. The summed E-state index contributed by atoms with van der Waals surface area (Å²) in [7, 11) is 1.88. The Kier molecular flexibility index (Phi) is 6.43. The lowest BCUT2D eigenvalue weighted by Gasteiger charge is -2.36. The first-order valence-corrected chi connectivity index (χ1v) is 10.5. The minimum absolute atomic E-state index is 0.316. The molecule has 0 spiro atoms. The zero-order valence-electron chi connectivity index (χ0n) is 17.0. The molecule has 0 radical (unpaired) electrons. The van der Waals surface area contributed by atoms with Crippen molar-refractivity contribution in [3.63, 3.8) is 0 Å². The fourth-order valence-electron chi connectivity index (χ4n) is 4.57. The van der Waals surface area contributed by atoms with E-state index in [9.17, 15) is 4.79 Å². The molecule has 0 aromatic heterocycles. The molecular weight excluding hydrogens is 326 g/mol. The molecule has 1 N–H and O–H groups in total. The van der Waals surface area contributed by atoms with Gasteiger partial charge in [0.05, 0.1) is 0 Å². The van der Waals surface area contributed by atoms with Gasteiger partial charge in [-0.05, 0) is 24.7 Å². The van der Waals surface area contributed by atoms with Crippen molar-refractivity contribution >= 4 is 11.9 Å². The third-order valence-electron chi connectivity index (χ3n) is 6.29. The van der Waals surface area contributed by atoms with Crippen molar-refractivity contribution in [2.24, 2.45) is 16.3 Å². The number of hydrogen-bond donors (Lipinski definition) is 1. The topological polar surface area (TPSA) is 51.2 Å². The highest BCUT2D eigenvalue weighted by Gasteiger charge is 2.31. The Labute approximate surface area is 159 Å². The quantitative estimate of drug-likeness (QED) is 0.609. The number of hydrogen-bond acceptors (Lipinski definition) is 3. The smallest absolute Gasteiger partial charge is 0.225 e. The summed E-state index contributed by atoms with van der Waals surface area (Å²) in [5, 5.41) is 3.53. The van der Waals surface area contributed by atoms with Crippen molar-refractivity contribution in [1.82, 2.24) is 20.0 Å². The number of carbonyl (C=O) groups excluding carboxylic acids is 1. The van der Waals surface area contributed by atoms with Crippen LogP contribution < -0.4 is 5.32 Å². The SMILES string of the molecule is CN=C(NCCN1CCN(C(=O)C2CCCC2)CC1)N1CCC(C)(C)C1. The molecule has 0 aromatic carbocycles. The zero-order chi connectivity index (χ0) is 18.6. The molecule has 0 unspecified atom stereocenters. The summed E-state index contributed by atoms with van der Waals surface area (Å²) in [4.78, 5) is 23.9. The first kappa shape index (κ1) is 19.5. The second-order valence-electron chi connectivity index (χ2n) is 8.96. The number of amides is 1. The van der Waals surface area contributed by atoms with Gasteiger partial charge < -0.3 is 15.1 Å².